The van der Waals surface area contributed by atoms with Crippen molar-refractivity contribution in [3.8, 4) is 11.5 Å². The van der Waals surface area contributed by atoms with E-state index in [0.29, 0.717) is 11.3 Å². The first kappa shape index (κ1) is 14.5. The average molecular weight is 286 g/mol. The van der Waals surface area contributed by atoms with E-state index in [4.69, 9.17) is 0 Å². The monoisotopic (exact) mass is 286 g/mol. The van der Waals surface area contributed by atoms with Gasteiger partial charge in [0.1, 0.15) is 11.4 Å². The maximum Gasteiger partial charge on any atom is 0.311 e. The summed E-state index contributed by atoms with van der Waals surface area (Å²) in [6, 6.07) is 7.84. The third-order valence-electron chi connectivity index (χ3n) is 2.93. The molecule has 108 valence electrons. The topological polar surface area (TPSA) is 96.0 Å². The predicted molar refractivity (Wildman–Crippen MR) is 79.6 cm³/mol. The zero-order valence-corrected chi connectivity index (χ0v) is 11.6. The summed E-state index contributed by atoms with van der Waals surface area (Å²) in [5.41, 5.74) is 1.70. The van der Waals surface area contributed by atoms with Gasteiger partial charge in [0.2, 0.25) is 5.75 Å². The van der Waals surface area contributed by atoms with Crippen molar-refractivity contribution in [3.05, 3.63) is 57.1 Å². The molecular formula is C15H14N2O4. The normalized spacial score (nSPS) is 11.0. The molecule has 6 nitrogen and oxygen atoms in total. The molecule has 0 aliphatic carbocycles. The third-order valence-corrected chi connectivity index (χ3v) is 2.93. The lowest BCUT2D eigenvalue weighted by molar-refractivity contribution is -0.385. The number of aromatic hydroxyl groups is 2. The van der Waals surface area contributed by atoms with E-state index >= 15 is 0 Å². The molecular weight excluding hydrogens is 272 g/mol. The van der Waals surface area contributed by atoms with Crippen molar-refractivity contribution in [3.63, 3.8) is 0 Å². The van der Waals surface area contributed by atoms with Crippen molar-refractivity contribution in [2.24, 2.45) is 4.99 Å². The van der Waals surface area contributed by atoms with Crippen LogP contribution in [-0.4, -0.2) is 21.4 Å². The van der Waals surface area contributed by atoms with Gasteiger partial charge in [0.05, 0.1) is 4.92 Å². The highest BCUT2D eigenvalue weighted by Crippen LogP contribution is 2.31. The molecule has 2 aromatic rings. The number of nitrogens with zero attached hydrogens (tertiary/aromatic N) is 2. The number of nitro groups is 1. The molecule has 0 bridgehead atoms. The van der Waals surface area contributed by atoms with Crippen LogP contribution in [0.4, 0.5) is 11.4 Å². The van der Waals surface area contributed by atoms with Gasteiger partial charge < -0.3 is 10.2 Å². The van der Waals surface area contributed by atoms with E-state index in [1.165, 1.54) is 12.3 Å². The summed E-state index contributed by atoms with van der Waals surface area (Å²) in [7, 11) is 0. The van der Waals surface area contributed by atoms with E-state index in [1.807, 2.05) is 6.92 Å². The van der Waals surface area contributed by atoms with Crippen molar-refractivity contribution < 1.29 is 15.1 Å². The maximum atomic E-state index is 10.9. The molecule has 0 heterocycles. The fourth-order valence-electron chi connectivity index (χ4n) is 1.91. The summed E-state index contributed by atoms with van der Waals surface area (Å²) in [6.07, 6.45) is 1.29. The first-order valence-electron chi connectivity index (χ1n) is 6.20. The Hall–Kier alpha value is -2.89. The highest BCUT2D eigenvalue weighted by molar-refractivity contribution is 5.88. The lowest BCUT2D eigenvalue weighted by Crippen LogP contribution is -1.93. The molecule has 0 saturated heterocycles. The van der Waals surface area contributed by atoms with Gasteiger partial charge in [-0.2, -0.15) is 0 Å². The zero-order valence-electron chi connectivity index (χ0n) is 11.6. The van der Waals surface area contributed by atoms with Crippen LogP contribution in [-0.2, 0) is 0 Å². The molecule has 2 N–H and O–H groups in total. The lowest BCUT2D eigenvalue weighted by atomic mass is 10.1. The van der Waals surface area contributed by atoms with Crippen LogP contribution in [0, 0.1) is 24.0 Å². The second-order valence-corrected chi connectivity index (χ2v) is 4.73. The van der Waals surface area contributed by atoms with Crippen LogP contribution < -0.4 is 0 Å². The van der Waals surface area contributed by atoms with Crippen LogP contribution in [0.1, 0.15) is 16.7 Å². The Morgan fingerprint density at radius 3 is 2.48 bits per heavy atom. The van der Waals surface area contributed by atoms with Crippen LogP contribution in [0.15, 0.2) is 35.3 Å². The molecule has 0 unspecified atom stereocenters. The molecule has 0 aromatic heterocycles. The standard InChI is InChI=1S/C15H14N2O4/c1-9-3-4-12(14(18)7-9)16-8-11-5-10(2)6-13(15(11)19)17(20)21/h3-8,18-19H,1-2H3. The largest absolute Gasteiger partial charge is 0.506 e. The number of phenolic OH excluding ortho intramolecular Hbond substituents is 2. The number of hydrogen-bond acceptors (Lipinski definition) is 5. The number of aryl methyl sites for hydroxylation is 2. The van der Waals surface area contributed by atoms with Crippen molar-refractivity contribution in [2.45, 2.75) is 13.8 Å². The fourth-order valence-corrected chi connectivity index (χ4v) is 1.91. The average Bonchev–Trinajstić information content (AvgIpc) is 2.40. The van der Waals surface area contributed by atoms with Crippen LogP contribution in [0.2, 0.25) is 0 Å². The second-order valence-electron chi connectivity index (χ2n) is 4.73. The smallest absolute Gasteiger partial charge is 0.311 e. The molecule has 0 spiro atoms. The van der Waals surface area contributed by atoms with E-state index < -0.39 is 10.7 Å². The minimum Gasteiger partial charge on any atom is -0.506 e. The van der Waals surface area contributed by atoms with E-state index in [-0.39, 0.29) is 17.0 Å². The molecule has 6 heteroatoms. The van der Waals surface area contributed by atoms with Crippen molar-refractivity contribution in [1.29, 1.82) is 0 Å². The van der Waals surface area contributed by atoms with E-state index in [2.05, 4.69) is 4.99 Å². The molecule has 0 saturated carbocycles. The van der Waals surface area contributed by atoms with Crippen LogP contribution in [0.3, 0.4) is 0 Å². The van der Waals surface area contributed by atoms with E-state index in [9.17, 15) is 20.3 Å². The Morgan fingerprint density at radius 2 is 1.86 bits per heavy atom. The first-order chi connectivity index (χ1) is 9.88. The second kappa shape index (κ2) is 5.62. The molecule has 0 aliphatic rings. The highest BCUT2D eigenvalue weighted by Gasteiger charge is 2.17. The number of benzene rings is 2. The Bertz CT molecular complexity index is 739. The van der Waals surface area contributed by atoms with Crippen molar-refractivity contribution >= 4 is 17.6 Å². The molecule has 0 radical (unpaired) electrons. The summed E-state index contributed by atoms with van der Waals surface area (Å²) in [4.78, 5) is 14.3. The van der Waals surface area contributed by atoms with Gasteiger partial charge in [-0.3, -0.25) is 15.1 Å². The maximum absolute atomic E-state index is 10.9. The van der Waals surface area contributed by atoms with Gasteiger partial charge in [0, 0.05) is 17.8 Å². The van der Waals surface area contributed by atoms with Crippen LogP contribution in [0.5, 0.6) is 11.5 Å². The molecule has 0 fully saturated rings. The first-order valence-corrected chi connectivity index (χ1v) is 6.20. The van der Waals surface area contributed by atoms with Crippen LogP contribution in [0.25, 0.3) is 0 Å². The third kappa shape index (κ3) is 3.17. The molecule has 0 aliphatic heterocycles. The number of phenols is 2. The van der Waals surface area contributed by atoms with Gasteiger partial charge in [-0.1, -0.05) is 6.07 Å². The number of aliphatic imine (C=N–C) groups is 1. The Balaban J connectivity index is 2.43. The molecule has 2 rings (SSSR count). The zero-order chi connectivity index (χ0) is 15.6. The quantitative estimate of drug-likeness (QED) is 0.513. The Morgan fingerprint density at radius 1 is 1.14 bits per heavy atom. The van der Waals surface area contributed by atoms with Gasteiger partial charge in [0.15, 0.2) is 0 Å². The predicted octanol–water partition coefficient (Wildman–Crippen LogP) is 3.37. The Kier molecular flexibility index (Phi) is 3.89. The number of hydrogen-bond donors (Lipinski definition) is 2. The van der Waals surface area contributed by atoms with E-state index in [1.54, 1.807) is 31.2 Å². The van der Waals surface area contributed by atoms with Crippen molar-refractivity contribution in [2.75, 3.05) is 0 Å². The lowest BCUT2D eigenvalue weighted by Gasteiger charge is -2.03. The molecule has 0 atom stereocenters. The van der Waals surface area contributed by atoms with Gasteiger partial charge in [0.25, 0.3) is 0 Å². The summed E-state index contributed by atoms with van der Waals surface area (Å²) in [6.45, 7) is 3.52. The molecule has 21 heavy (non-hydrogen) atoms. The summed E-state index contributed by atoms with van der Waals surface area (Å²) in [5.74, 6) is -0.436. The van der Waals surface area contributed by atoms with Gasteiger partial charge >= 0.3 is 5.69 Å². The SMILES string of the molecule is Cc1ccc(N=Cc2cc(C)cc([N+](=O)[O-])c2O)c(O)c1. The Labute approximate surface area is 121 Å². The minimum atomic E-state index is -0.650. The summed E-state index contributed by atoms with van der Waals surface area (Å²) < 4.78 is 0. The van der Waals surface area contributed by atoms with Gasteiger partial charge in [-0.25, -0.2) is 0 Å². The van der Waals surface area contributed by atoms with Crippen molar-refractivity contribution in [1.82, 2.24) is 0 Å². The molecule has 0 amide bonds. The number of nitro benzene ring substituents is 1. The summed E-state index contributed by atoms with van der Waals surface area (Å²) in [5, 5.41) is 30.5. The highest BCUT2D eigenvalue weighted by atomic mass is 16.6. The van der Waals surface area contributed by atoms with Crippen LogP contribution >= 0.6 is 0 Å². The summed E-state index contributed by atoms with van der Waals surface area (Å²) >= 11 is 0. The molecule has 2 aromatic carbocycles. The van der Waals surface area contributed by atoms with Gasteiger partial charge in [-0.15, -0.1) is 0 Å². The van der Waals surface area contributed by atoms with E-state index in [0.717, 1.165) is 5.56 Å². The number of rotatable bonds is 3. The van der Waals surface area contributed by atoms with Gasteiger partial charge in [-0.05, 0) is 43.2 Å². The fraction of sp³-hybridized carbons (Fsp3) is 0.133. The minimum absolute atomic E-state index is 0.00731.